The minimum atomic E-state index is -0.194. The Hall–Kier alpha value is -3.31. The first-order valence-electron chi connectivity index (χ1n) is 10.3. The number of benzene rings is 3. The Morgan fingerprint density at radius 1 is 0.900 bits per heavy atom. The van der Waals surface area contributed by atoms with E-state index in [9.17, 15) is 4.79 Å². The maximum Gasteiger partial charge on any atom is 0.265 e. The summed E-state index contributed by atoms with van der Waals surface area (Å²) in [7, 11) is 0. The zero-order valence-electron chi connectivity index (χ0n) is 16.4. The van der Waals surface area contributed by atoms with E-state index in [1.54, 1.807) is 11.3 Å². The van der Waals surface area contributed by atoms with E-state index in [1.807, 2.05) is 35.3 Å². The maximum absolute atomic E-state index is 13.6. The molecule has 0 aliphatic carbocycles. The highest BCUT2D eigenvalue weighted by molar-refractivity contribution is 7.17. The number of amides is 1. The normalized spacial score (nSPS) is 20.3. The number of carbonyl (C=O) groups excluding carboxylic acids is 1. The second-order valence-corrected chi connectivity index (χ2v) is 8.75. The smallest absolute Gasteiger partial charge is 0.265 e. The highest BCUT2D eigenvalue weighted by atomic mass is 32.1. The van der Waals surface area contributed by atoms with Gasteiger partial charge in [-0.15, -0.1) is 11.3 Å². The molecule has 0 saturated carbocycles. The van der Waals surface area contributed by atoms with Crippen LogP contribution in [0.5, 0.6) is 0 Å². The molecule has 1 fully saturated rings. The Bertz CT molecular complexity index is 1240. The van der Waals surface area contributed by atoms with Crippen molar-refractivity contribution in [2.75, 3.05) is 10.3 Å². The van der Waals surface area contributed by atoms with Crippen LogP contribution in [0.4, 0.5) is 11.4 Å². The molecule has 1 aromatic heterocycles. The first kappa shape index (κ1) is 17.5. The van der Waals surface area contributed by atoms with Crippen LogP contribution in [-0.4, -0.2) is 17.0 Å². The van der Waals surface area contributed by atoms with Gasteiger partial charge in [0.25, 0.3) is 5.91 Å². The fourth-order valence-electron chi connectivity index (χ4n) is 4.78. The number of thiophene rings is 1. The third kappa shape index (κ3) is 2.62. The van der Waals surface area contributed by atoms with Crippen molar-refractivity contribution in [1.82, 2.24) is 5.01 Å². The molecule has 0 spiro atoms. The maximum atomic E-state index is 13.6. The summed E-state index contributed by atoms with van der Waals surface area (Å²) in [6.45, 7) is 0. The second kappa shape index (κ2) is 6.89. The Morgan fingerprint density at radius 2 is 1.67 bits per heavy atom. The summed E-state index contributed by atoms with van der Waals surface area (Å²) in [5.74, 6) is 0.133. The number of hydrogen-bond acceptors (Lipinski definition) is 4. The van der Waals surface area contributed by atoms with Crippen molar-refractivity contribution in [3.05, 3.63) is 95.4 Å². The predicted molar refractivity (Wildman–Crippen MR) is 123 cm³/mol. The summed E-state index contributed by atoms with van der Waals surface area (Å²) < 4.78 is 1.24. The van der Waals surface area contributed by atoms with Crippen molar-refractivity contribution in [3.8, 4) is 0 Å². The van der Waals surface area contributed by atoms with Crippen molar-refractivity contribution in [3.63, 3.8) is 0 Å². The molecule has 5 heteroatoms. The number of nitrogens with zero attached hydrogens (tertiary/aromatic N) is 2. The molecule has 2 atom stereocenters. The number of fused-ring (bicyclic) bond motifs is 4. The number of rotatable bonds is 3. The number of carbonyl (C=O) groups is 1. The highest BCUT2D eigenvalue weighted by Crippen LogP contribution is 2.46. The van der Waals surface area contributed by atoms with Gasteiger partial charge in [-0.2, -0.15) is 0 Å². The molecule has 1 saturated heterocycles. The first-order chi connectivity index (χ1) is 14.8. The molecule has 4 aromatic rings. The van der Waals surface area contributed by atoms with E-state index < -0.39 is 0 Å². The lowest BCUT2D eigenvalue weighted by Gasteiger charge is -2.36. The highest BCUT2D eigenvalue weighted by Gasteiger charge is 2.49. The molecule has 3 heterocycles. The van der Waals surface area contributed by atoms with Crippen LogP contribution in [0.3, 0.4) is 0 Å². The summed E-state index contributed by atoms with van der Waals surface area (Å²) in [6.07, 6.45) is 1.57. The van der Waals surface area contributed by atoms with Crippen LogP contribution in [0.25, 0.3) is 10.1 Å². The summed E-state index contributed by atoms with van der Waals surface area (Å²) in [5.41, 5.74) is 8.00. The zero-order chi connectivity index (χ0) is 20.1. The van der Waals surface area contributed by atoms with Crippen molar-refractivity contribution >= 4 is 38.7 Å². The molecule has 2 unspecified atom stereocenters. The first-order valence-corrected chi connectivity index (χ1v) is 11.2. The van der Waals surface area contributed by atoms with Crippen molar-refractivity contribution in [2.24, 2.45) is 0 Å². The topological polar surface area (TPSA) is 35.6 Å². The lowest BCUT2D eigenvalue weighted by molar-refractivity contribution is -0.128. The standard InChI is InChI=1S/C25H21N3OS/c29-25-22-15-14-17-8-4-6-12-21(17)27(22)24(28(25)26-18-9-2-1-3-10-18)20-16-30-23-13-7-5-11-19(20)23/h1-13,16,22,24,26H,14-15H2. The number of aryl methyl sites for hydroxylation is 1. The molecule has 148 valence electrons. The van der Waals surface area contributed by atoms with E-state index in [0.29, 0.717) is 0 Å². The summed E-state index contributed by atoms with van der Waals surface area (Å²) in [6, 6.07) is 26.8. The second-order valence-electron chi connectivity index (χ2n) is 7.84. The Kier molecular flexibility index (Phi) is 4.03. The van der Waals surface area contributed by atoms with Crippen molar-refractivity contribution in [2.45, 2.75) is 25.0 Å². The zero-order valence-corrected chi connectivity index (χ0v) is 17.2. The van der Waals surface area contributed by atoms with Gasteiger partial charge in [-0.3, -0.25) is 10.2 Å². The average Bonchev–Trinajstić information content (AvgIpc) is 3.34. The summed E-state index contributed by atoms with van der Waals surface area (Å²) in [4.78, 5) is 15.9. The largest absolute Gasteiger partial charge is 0.333 e. The van der Waals surface area contributed by atoms with Gasteiger partial charge in [-0.05, 0) is 53.4 Å². The van der Waals surface area contributed by atoms with Crippen LogP contribution in [-0.2, 0) is 11.2 Å². The molecule has 2 aliphatic heterocycles. The van der Waals surface area contributed by atoms with Crippen LogP contribution in [0.15, 0.2) is 84.2 Å². The van der Waals surface area contributed by atoms with Gasteiger partial charge in [-0.1, -0.05) is 54.6 Å². The van der Waals surface area contributed by atoms with E-state index in [1.165, 1.54) is 26.9 Å². The van der Waals surface area contributed by atoms with E-state index in [-0.39, 0.29) is 18.1 Å². The molecule has 1 amide bonds. The van der Waals surface area contributed by atoms with Crippen LogP contribution in [0.1, 0.15) is 23.7 Å². The van der Waals surface area contributed by atoms with Crippen molar-refractivity contribution in [1.29, 1.82) is 0 Å². The van der Waals surface area contributed by atoms with Crippen LogP contribution >= 0.6 is 11.3 Å². The average molecular weight is 412 g/mol. The summed E-state index contributed by atoms with van der Waals surface area (Å²) >= 11 is 1.74. The molecule has 3 aromatic carbocycles. The van der Waals surface area contributed by atoms with Crippen molar-refractivity contribution < 1.29 is 4.79 Å². The number of hydrazine groups is 1. The molecule has 2 aliphatic rings. The SMILES string of the molecule is O=C1C2CCc3ccccc3N2C(c2csc3ccccc23)N1Nc1ccccc1. The minimum absolute atomic E-state index is 0.133. The Labute approximate surface area is 179 Å². The Morgan fingerprint density at radius 3 is 2.57 bits per heavy atom. The number of nitrogens with one attached hydrogen (secondary N) is 1. The third-order valence-electron chi connectivity index (χ3n) is 6.14. The van der Waals surface area contributed by atoms with Gasteiger partial charge in [-0.25, -0.2) is 5.01 Å². The fourth-order valence-corrected chi connectivity index (χ4v) is 5.75. The number of anilines is 2. The van der Waals surface area contributed by atoms with Gasteiger partial charge in [0.2, 0.25) is 0 Å². The molecule has 4 nitrogen and oxygen atoms in total. The molecule has 1 N–H and O–H groups in total. The molecular weight excluding hydrogens is 390 g/mol. The van der Waals surface area contributed by atoms with Crippen LogP contribution in [0.2, 0.25) is 0 Å². The van der Waals surface area contributed by atoms with Crippen LogP contribution in [0, 0.1) is 0 Å². The van der Waals surface area contributed by atoms with Crippen LogP contribution < -0.4 is 10.3 Å². The summed E-state index contributed by atoms with van der Waals surface area (Å²) in [5, 5.41) is 5.27. The number of para-hydroxylation sites is 2. The molecule has 6 rings (SSSR count). The van der Waals surface area contributed by atoms with E-state index in [0.717, 1.165) is 18.5 Å². The predicted octanol–water partition coefficient (Wildman–Crippen LogP) is 5.59. The van der Waals surface area contributed by atoms with Gasteiger partial charge < -0.3 is 4.90 Å². The lowest BCUT2D eigenvalue weighted by atomic mass is 9.95. The molecular formula is C25H21N3OS. The fraction of sp³-hybridized carbons (Fsp3) is 0.160. The van der Waals surface area contributed by atoms with Gasteiger partial charge in [0.1, 0.15) is 6.04 Å². The van der Waals surface area contributed by atoms with E-state index >= 15 is 0 Å². The van der Waals surface area contributed by atoms with Gasteiger partial charge in [0.15, 0.2) is 6.17 Å². The molecule has 30 heavy (non-hydrogen) atoms. The van der Waals surface area contributed by atoms with E-state index in [4.69, 9.17) is 0 Å². The minimum Gasteiger partial charge on any atom is -0.333 e. The quantitative estimate of drug-likeness (QED) is 0.477. The van der Waals surface area contributed by atoms with Gasteiger partial charge >= 0.3 is 0 Å². The van der Waals surface area contributed by atoms with Gasteiger partial charge in [0.05, 0.1) is 5.69 Å². The molecule has 0 radical (unpaired) electrons. The molecule has 0 bridgehead atoms. The lowest BCUT2D eigenvalue weighted by Crippen LogP contribution is -2.38. The monoisotopic (exact) mass is 411 g/mol. The van der Waals surface area contributed by atoms with E-state index in [2.05, 4.69) is 64.2 Å². The van der Waals surface area contributed by atoms with Gasteiger partial charge in [0, 0.05) is 16.0 Å². The third-order valence-corrected chi connectivity index (χ3v) is 7.12. The number of hydrogen-bond donors (Lipinski definition) is 1. The Balaban J connectivity index is 1.53.